The number of carbonyl (C=O) groups is 1. The summed E-state index contributed by atoms with van der Waals surface area (Å²) in [5, 5.41) is 11.4. The normalized spacial score (nSPS) is 12.0. The first-order valence-electron chi connectivity index (χ1n) is 6.25. The molecule has 21 heavy (non-hydrogen) atoms. The van der Waals surface area contributed by atoms with Crippen molar-refractivity contribution in [1.29, 1.82) is 0 Å². The third-order valence-electron chi connectivity index (χ3n) is 2.92. The first kappa shape index (κ1) is 14.9. The maximum Gasteiger partial charge on any atom is 0.241 e. The predicted octanol–water partition coefficient (Wildman–Crippen LogP) is 2.18. The van der Waals surface area contributed by atoms with Crippen LogP contribution in [0.3, 0.4) is 0 Å². The molecule has 1 atom stereocenters. The zero-order valence-electron chi connectivity index (χ0n) is 11.0. The van der Waals surface area contributed by atoms with Crippen molar-refractivity contribution in [1.82, 2.24) is 0 Å². The number of nitrogens with two attached hydrogens (primary N) is 1. The summed E-state index contributed by atoms with van der Waals surface area (Å²) in [6.07, 6.45) is 0.211. The molecule has 110 valence electrons. The first-order chi connectivity index (χ1) is 9.95. The number of halogens is 2. The molecular weight excluding hydrogens is 278 g/mol. The van der Waals surface area contributed by atoms with E-state index in [0.717, 1.165) is 23.8 Å². The molecule has 0 aliphatic carbocycles. The highest BCUT2D eigenvalue weighted by Gasteiger charge is 2.16. The standard InChI is InChI=1S/C15H14F2N2O2/c16-10-3-6-12(17)14(8-10)19-15(21)13(18)7-9-1-4-11(20)5-2-9/h1-6,8,13,20H,7,18H2,(H,19,21)/t13-/m0/s1. The lowest BCUT2D eigenvalue weighted by Gasteiger charge is -2.13. The lowest BCUT2D eigenvalue weighted by atomic mass is 10.1. The lowest BCUT2D eigenvalue weighted by molar-refractivity contribution is -0.117. The summed E-state index contributed by atoms with van der Waals surface area (Å²) in [5.41, 5.74) is 6.23. The maximum absolute atomic E-state index is 13.4. The molecule has 2 aromatic rings. The Bertz CT molecular complexity index is 645. The molecule has 0 aliphatic rings. The zero-order chi connectivity index (χ0) is 15.4. The van der Waals surface area contributed by atoms with Gasteiger partial charge in [0.2, 0.25) is 5.91 Å². The van der Waals surface area contributed by atoms with Crippen LogP contribution in [0.4, 0.5) is 14.5 Å². The second kappa shape index (κ2) is 6.32. The summed E-state index contributed by atoms with van der Waals surface area (Å²) in [4.78, 5) is 11.9. The Kier molecular flexibility index (Phi) is 4.49. The van der Waals surface area contributed by atoms with Crippen LogP contribution in [-0.2, 0) is 11.2 Å². The smallest absolute Gasteiger partial charge is 0.241 e. The Labute approximate surface area is 120 Å². The fourth-order valence-corrected chi connectivity index (χ4v) is 1.80. The minimum Gasteiger partial charge on any atom is -0.508 e. The molecule has 0 aromatic heterocycles. The maximum atomic E-state index is 13.4. The molecule has 6 heteroatoms. The molecule has 2 rings (SSSR count). The average molecular weight is 292 g/mol. The number of rotatable bonds is 4. The highest BCUT2D eigenvalue weighted by molar-refractivity contribution is 5.94. The zero-order valence-corrected chi connectivity index (χ0v) is 11.0. The quantitative estimate of drug-likeness (QED) is 0.808. The van der Waals surface area contributed by atoms with E-state index < -0.39 is 23.6 Å². The molecule has 1 amide bonds. The number of benzene rings is 2. The Hall–Kier alpha value is -2.47. The SMILES string of the molecule is N[C@@H](Cc1ccc(O)cc1)C(=O)Nc1cc(F)ccc1F. The monoisotopic (exact) mass is 292 g/mol. The van der Waals surface area contributed by atoms with Gasteiger partial charge in [-0.3, -0.25) is 4.79 Å². The Morgan fingerprint density at radius 1 is 1.19 bits per heavy atom. The van der Waals surface area contributed by atoms with E-state index in [-0.39, 0.29) is 17.9 Å². The number of hydrogen-bond donors (Lipinski definition) is 3. The average Bonchev–Trinajstić information content (AvgIpc) is 2.45. The summed E-state index contributed by atoms with van der Waals surface area (Å²) in [7, 11) is 0. The van der Waals surface area contributed by atoms with E-state index in [2.05, 4.69) is 5.32 Å². The van der Waals surface area contributed by atoms with Gasteiger partial charge in [0.05, 0.1) is 11.7 Å². The summed E-state index contributed by atoms with van der Waals surface area (Å²) >= 11 is 0. The van der Waals surface area contributed by atoms with Crippen LogP contribution in [0.15, 0.2) is 42.5 Å². The topological polar surface area (TPSA) is 75.3 Å². The molecule has 0 radical (unpaired) electrons. The van der Waals surface area contributed by atoms with Gasteiger partial charge in [0, 0.05) is 6.07 Å². The molecule has 0 heterocycles. The van der Waals surface area contributed by atoms with Crippen molar-refractivity contribution in [2.75, 3.05) is 5.32 Å². The van der Waals surface area contributed by atoms with Crippen LogP contribution in [0.25, 0.3) is 0 Å². The Morgan fingerprint density at radius 3 is 2.52 bits per heavy atom. The van der Waals surface area contributed by atoms with Gasteiger partial charge in [0.1, 0.15) is 17.4 Å². The largest absolute Gasteiger partial charge is 0.508 e. The van der Waals surface area contributed by atoms with Crippen LogP contribution in [0, 0.1) is 11.6 Å². The summed E-state index contributed by atoms with van der Waals surface area (Å²) in [6, 6.07) is 8.07. The van der Waals surface area contributed by atoms with E-state index in [0.29, 0.717) is 0 Å². The highest BCUT2D eigenvalue weighted by Crippen LogP contribution is 2.16. The van der Waals surface area contributed by atoms with Gasteiger partial charge in [-0.1, -0.05) is 12.1 Å². The van der Waals surface area contributed by atoms with Gasteiger partial charge in [0.25, 0.3) is 0 Å². The second-order valence-corrected chi connectivity index (χ2v) is 4.59. The fourth-order valence-electron chi connectivity index (χ4n) is 1.80. The molecule has 4 nitrogen and oxygen atoms in total. The van der Waals surface area contributed by atoms with Gasteiger partial charge in [0.15, 0.2) is 0 Å². The van der Waals surface area contributed by atoms with Crippen molar-refractivity contribution in [3.63, 3.8) is 0 Å². The molecule has 0 spiro atoms. The van der Waals surface area contributed by atoms with Crippen LogP contribution < -0.4 is 11.1 Å². The molecule has 2 aromatic carbocycles. The van der Waals surface area contributed by atoms with Gasteiger partial charge >= 0.3 is 0 Å². The van der Waals surface area contributed by atoms with Crippen molar-refractivity contribution in [2.45, 2.75) is 12.5 Å². The predicted molar refractivity (Wildman–Crippen MR) is 74.8 cm³/mol. The van der Waals surface area contributed by atoms with Crippen molar-refractivity contribution >= 4 is 11.6 Å². The minimum absolute atomic E-state index is 0.110. The third-order valence-corrected chi connectivity index (χ3v) is 2.92. The molecule has 0 saturated carbocycles. The van der Waals surface area contributed by atoms with Crippen LogP contribution >= 0.6 is 0 Å². The molecule has 0 saturated heterocycles. The number of phenolic OH excluding ortho intramolecular Hbond substituents is 1. The summed E-state index contributed by atoms with van der Waals surface area (Å²) in [5.74, 6) is -1.90. The van der Waals surface area contributed by atoms with Gasteiger partial charge in [-0.2, -0.15) is 0 Å². The molecule has 0 bridgehead atoms. The van der Waals surface area contributed by atoms with Gasteiger partial charge in [-0.25, -0.2) is 8.78 Å². The number of amides is 1. The van der Waals surface area contributed by atoms with Gasteiger partial charge in [-0.15, -0.1) is 0 Å². The number of nitrogens with one attached hydrogen (secondary N) is 1. The number of aromatic hydroxyl groups is 1. The van der Waals surface area contributed by atoms with Crippen LogP contribution in [-0.4, -0.2) is 17.1 Å². The number of phenols is 1. The van der Waals surface area contributed by atoms with E-state index in [1.165, 1.54) is 12.1 Å². The number of anilines is 1. The van der Waals surface area contributed by atoms with Crippen LogP contribution in [0.2, 0.25) is 0 Å². The van der Waals surface area contributed by atoms with E-state index in [9.17, 15) is 13.6 Å². The minimum atomic E-state index is -0.919. The summed E-state index contributed by atoms with van der Waals surface area (Å²) < 4.78 is 26.4. The van der Waals surface area contributed by atoms with Crippen molar-refractivity contribution < 1.29 is 18.7 Å². The van der Waals surface area contributed by atoms with E-state index in [1.54, 1.807) is 12.1 Å². The Morgan fingerprint density at radius 2 is 1.86 bits per heavy atom. The van der Waals surface area contributed by atoms with Crippen LogP contribution in [0.5, 0.6) is 5.75 Å². The fraction of sp³-hybridized carbons (Fsp3) is 0.133. The van der Waals surface area contributed by atoms with Crippen molar-refractivity contribution in [3.05, 3.63) is 59.7 Å². The van der Waals surface area contributed by atoms with E-state index in [1.807, 2.05) is 0 Å². The molecule has 0 unspecified atom stereocenters. The Balaban J connectivity index is 2.02. The highest BCUT2D eigenvalue weighted by atomic mass is 19.1. The van der Waals surface area contributed by atoms with Gasteiger partial charge < -0.3 is 16.2 Å². The van der Waals surface area contributed by atoms with Crippen molar-refractivity contribution in [2.24, 2.45) is 5.73 Å². The number of carbonyl (C=O) groups excluding carboxylic acids is 1. The summed E-state index contributed by atoms with van der Waals surface area (Å²) in [6.45, 7) is 0. The van der Waals surface area contributed by atoms with E-state index in [4.69, 9.17) is 10.8 Å². The van der Waals surface area contributed by atoms with Gasteiger partial charge in [-0.05, 0) is 36.2 Å². The molecule has 0 aliphatic heterocycles. The van der Waals surface area contributed by atoms with E-state index >= 15 is 0 Å². The number of hydrogen-bond acceptors (Lipinski definition) is 3. The van der Waals surface area contributed by atoms with Crippen LogP contribution in [0.1, 0.15) is 5.56 Å². The second-order valence-electron chi connectivity index (χ2n) is 4.59. The van der Waals surface area contributed by atoms with Crippen molar-refractivity contribution in [3.8, 4) is 5.75 Å². The molecular formula is C15H14F2N2O2. The lowest BCUT2D eigenvalue weighted by Crippen LogP contribution is -2.37. The molecule has 0 fully saturated rings. The first-order valence-corrected chi connectivity index (χ1v) is 6.25. The molecule has 4 N–H and O–H groups in total. The third kappa shape index (κ3) is 4.00.